The van der Waals surface area contributed by atoms with E-state index in [1.54, 1.807) is 47.9 Å². The fourth-order valence-corrected chi connectivity index (χ4v) is 5.27. The maximum Gasteiger partial charge on any atom is 0.411 e. The van der Waals surface area contributed by atoms with Gasteiger partial charge in [0, 0.05) is 49.9 Å². The van der Waals surface area contributed by atoms with E-state index in [0.717, 1.165) is 5.56 Å². The lowest BCUT2D eigenvalue weighted by atomic mass is 9.97. The van der Waals surface area contributed by atoms with Crippen LogP contribution >= 0.6 is 0 Å². The maximum atomic E-state index is 13.3. The highest BCUT2D eigenvalue weighted by Gasteiger charge is 2.43. The molecule has 1 aromatic carbocycles. The van der Waals surface area contributed by atoms with Gasteiger partial charge < -0.3 is 14.5 Å². The van der Waals surface area contributed by atoms with Gasteiger partial charge in [-0.05, 0) is 86.1 Å². The van der Waals surface area contributed by atoms with Crippen molar-refractivity contribution < 1.29 is 23.9 Å². The molecule has 1 aliphatic heterocycles. The lowest BCUT2D eigenvalue weighted by Crippen LogP contribution is -2.60. The molecule has 2 heterocycles. The third-order valence-electron chi connectivity index (χ3n) is 6.94. The van der Waals surface area contributed by atoms with Crippen molar-refractivity contribution in [1.29, 1.82) is 0 Å². The molecule has 0 radical (unpaired) electrons. The number of aromatic nitrogens is 2. The van der Waals surface area contributed by atoms with Gasteiger partial charge in [-0.25, -0.2) is 14.4 Å². The maximum absolute atomic E-state index is 13.3. The van der Waals surface area contributed by atoms with Gasteiger partial charge in [-0.3, -0.25) is 24.4 Å². The van der Waals surface area contributed by atoms with Crippen molar-refractivity contribution in [2.24, 2.45) is 0 Å². The fourth-order valence-electron chi connectivity index (χ4n) is 5.27. The molecule has 1 aliphatic rings. The number of nitrogens with zero attached hydrogens (tertiary/aromatic N) is 5. The number of urea groups is 1. The van der Waals surface area contributed by atoms with E-state index < -0.39 is 34.5 Å². The number of ketones is 1. The first kappa shape index (κ1) is 33.3. The van der Waals surface area contributed by atoms with Crippen LogP contribution in [0.25, 0.3) is 5.69 Å². The average molecular weight is 597 g/mol. The second-order valence-electron chi connectivity index (χ2n) is 13.3. The van der Waals surface area contributed by atoms with Crippen LogP contribution < -0.4 is 11.0 Å². The number of rotatable bonds is 6. The van der Waals surface area contributed by atoms with Crippen LogP contribution in [0, 0.1) is 0 Å². The van der Waals surface area contributed by atoms with Crippen LogP contribution in [-0.2, 0) is 20.7 Å². The molecular formula is C31H44N6O6. The van der Waals surface area contributed by atoms with Crippen molar-refractivity contribution >= 4 is 29.6 Å². The summed E-state index contributed by atoms with van der Waals surface area (Å²) < 4.78 is 7.09. The molecule has 0 spiro atoms. The second kappa shape index (κ2) is 12.6. The Morgan fingerprint density at radius 3 is 1.88 bits per heavy atom. The van der Waals surface area contributed by atoms with Crippen LogP contribution in [0.2, 0.25) is 0 Å². The van der Waals surface area contributed by atoms with Gasteiger partial charge in [0.05, 0.1) is 5.69 Å². The summed E-state index contributed by atoms with van der Waals surface area (Å²) >= 11 is 0. The van der Waals surface area contributed by atoms with E-state index in [9.17, 15) is 24.0 Å². The molecule has 3 rings (SSSR count). The molecule has 0 saturated carbocycles. The SMILES string of the molecule is CC(=O)Cc1ccc(-n2ccc(NC(=O)N3CCN(C(=O)C(C)(C)OC(=O)N(C(C)(C)C)C(C)(C)C)CC3)nc2=O)cc1. The number of piperazine rings is 1. The first-order valence-electron chi connectivity index (χ1n) is 14.4. The zero-order valence-corrected chi connectivity index (χ0v) is 26.7. The van der Waals surface area contributed by atoms with E-state index in [-0.39, 0.29) is 43.7 Å². The molecule has 1 fully saturated rings. The van der Waals surface area contributed by atoms with Gasteiger partial charge in [-0.15, -0.1) is 0 Å². The summed E-state index contributed by atoms with van der Waals surface area (Å²) in [5.41, 5.74) is -1.58. The number of carbonyl (C=O) groups is 4. The molecule has 0 aliphatic carbocycles. The molecule has 1 aromatic heterocycles. The first-order chi connectivity index (χ1) is 19.8. The molecule has 12 heteroatoms. The van der Waals surface area contributed by atoms with Gasteiger partial charge in [0.1, 0.15) is 11.6 Å². The third-order valence-corrected chi connectivity index (χ3v) is 6.94. The molecule has 0 bridgehead atoms. The van der Waals surface area contributed by atoms with Crippen LogP contribution in [0.4, 0.5) is 15.4 Å². The Kier molecular flexibility index (Phi) is 9.72. The van der Waals surface area contributed by atoms with E-state index in [2.05, 4.69) is 10.3 Å². The van der Waals surface area contributed by atoms with Gasteiger partial charge in [0.15, 0.2) is 5.60 Å². The molecule has 2 aromatic rings. The fraction of sp³-hybridized carbons (Fsp3) is 0.548. The first-order valence-corrected chi connectivity index (χ1v) is 14.4. The predicted molar refractivity (Wildman–Crippen MR) is 163 cm³/mol. The topological polar surface area (TPSA) is 134 Å². The molecule has 0 atom stereocenters. The number of ether oxygens (including phenoxy) is 1. The Morgan fingerprint density at radius 2 is 1.40 bits per heavy atom. The summed E-state index contributed by atoms with van der Waals surface area (Å²) in [4.78, 5) is 72.1. The van der Waals surface area contributed by atoms with Gasteiger partial charge >= 0.3 is 17.8 Å². The Bertz CT molecular complexity index is 1400. The zero-order valence-electron chi connectivity index (χ0n) is 26.7. The zero-order chi connectivity index (χ0) is 32.3. The number of nitrogens with one attached hydrogen (secondary N) is 1. The van der Waals surface area contributed by atoms with E-state index in [1.807, 2.05) is 41.5 Å². The summed E-state index contributed by atoms with van der Waals surface area (Å²) in [7, 11) is 0. The molecule has 234 valence electrons. The minimum atomic E-state index is -1.40. The number of hydrogen-bond donors (Lipinski definition) is 1. The van der Waals surface area contributed by atoms with Crippen molar-refractivity contribution in [3.05, 3.63) is 52.6 Å². The lowest BCUT2D eigenvalue weighted by molar-refractivity contribution is -0.151. The van der Waals surface area contributed by atoms with Crippen LogP contribution in [0.1, 0.15) is 67.9 Å². The smallest absolute Gasteiger partial charge is 0.411 e. The Hall–Kier alpha value is -4.22. The summed E-state index contributed by atoms with van der Waals surface area (Å²) in [5, 5.41) is 2.65. The van der Waals surface area contributed by atoms with Crippen LogP contribution in [0.3, 0.4) is 0 Å². The van der Waals surface area contributed by atoms with Gasteiger partial charge in [0.2, 0.25) is 0 Å². The van der Waals surface area contributed by atoms with Crippen molar-refractivity contribution in [3.8, 4) is 5.69 Å². The molecule has 12 nitrogen and oxygen atoms in total. The summed E-state index contributed by atoms with van der Waals surface area (Å²) in [6.45, 7) is 17.2. The highest BCUT2D eigenvalue weighted by molar-refractivity contribution is 5.89. The number of Topliss-reactive ketones (excluding diaryl/α,β-unsaturated/α-hetero) is 1. The molecule has 1 N–H and O–H groups in total. The molecule has 0 unspecified atom stereocenters. The molecule has 43 heavy (non-hydrogen) atoms. The lowest BCUT2D eigenvalue weighted by Gasteiger charge is -2.46. The number of benzene rings is 1. The number of anilines is 1. The van der Waals surface area contributed by atoms with Crippen molar-refractivity contribution in [3.63, 3.8) is 0 Å². The number of hydrogen-bond acceptors (Lipinski definition) is 7. The number of carbonyl (C=O) groups excluding carboxylic acids is 4. The van der Waals surface area contributed by atoms with E-state index in [0.29, 0.717) is 12.1 Å². The minimum absolute atomic E-state index is 0.0494. The Balaban J connectivity index is 1.58. The molecule has 4 amide bonds. The standard InChI is InChI=1S/C31H44N6O6/c1-21(38)20-22-10-12-23(13-11-22)36-15-14-24(33-27(36)41)32-26(40)35-18-16-34(17-19-35)25(39)31(8,9)43-28(42)37(29(2,3)4)30(5,6)7/h10-15H,16-20H2,1-9H3,(H,32,33,40,41). The Morgan fingerprint density at radius 1 is 0.860 bits per heavy atom. The van der Waals surface area contributed by atoms with Crippen molar-refractivity contribution in [1.82, 2.24) is 24.3 Å². The van der Waals surface area contributed by atoms with Gasteiger partial charge in [-0.1, -0.05) is 12.1 Å². The normalized spacial score (nSPS) is 14.3. The highest BCUT2D eigenvalue weighted by atomic mass is 16.6. The minimum Gasteiger partial charge on any atom is -0.433 e. The van der Waals surface area contributed by atoms with E-state index in [1.165, 1.54) is 28.7 Å². The third kappa shape index (κ3) is 8.42. The van der Waals surface area contributed by atoms with Crippen LogP contribution in [0.15, 0.2) is 41.3 Å². The largest absolute Gasteiger partial charge is 0.433 e. The molecule has 1 saturated heterocycles. The van der Waals surface area contributed by atoms with Crippen molar-refractivity contribution in [2.45, 2.75) is 85.4 Å². The second-order valence-corrected chi connectivity index (χ2v) is 13.3. The predicted octanol–water partition coefficient (Wildman–Crippen LogP) is 3.85. The summed E-state index contributed by atoms with van der Waals surface area (Å²) in [6, 6.07) is 8.10. The highest BCUT2D eigenvalue weighted by Crippen LogP contribution is 2.28. The van der Waals surface area contributed by atoms with Crippen molar-refractivity contribution in [2.75, 3.05) is 31.5 Å². The summed E-state index contributed by atoms with van der Waals surface area (Å²) in [5.74, 6) is -0.190. The van der Waals surface area contributed by atoms with Crippen LogP contribution in [-0.4, -0.2) is 90.9 Å². The average Bonchev–Trinajstić information content (AvgIpc) is 2.86. The van der Waals surface area contributed by atoms with E-state index >= 15 is 0 Å². The molecular weight excluding hydrogens is 552 g/mol. The van der Waals surface area contributed by atoms with Gasteiger partial charge in [-0.2, -0.15) is 4.98 Å². The van der Waals surface area contributed by atoms with Crippen LogP contribution in [0.5, 0.6) is 0 Å². The monoisotopic (exact) mass is 596 g/mol. The van der Waals surface area contributed by atoms with Gasteiger partial charge in [0.25, 0.3) is 5.91 Å². The summed E-state index contributed by atoms with van der Waals surface area (Å²) in [6.07, 6.45) is 1.26. The quantitative estimate of drug-likeness (QED) is 0.535. The Labute approximate surface area is 253 Å². The number of amides is 4. The van der Waals surface area contributed by atoms with E-state index in [4.69, 9.17) is 4.74 Å².